The highest BCUT2D eigenvalue weighted by atomic mass is 16.6. The van der Waals surface area contributed by atoms with Crippen molar-refractivity contribution in [2.45, 2.75) is 18.8 Å². The fourth-order valence-corrected chi connectivity index (χ4v) is 4.90. The maximum atomic E-state index is 12.9. The van der Waals surface area contributed by atoms with E-state index in [9.17, 15) is 24.8 Å². The number of nitrogens with one attached hydrogen (secondary N) is 1. The van der Waals surface area contributed by atoms with E-state index >= 15 is 0 Å². The number of rotatable bonds is 7. The number of nitro benzene ring substituents is 1. The van der Waals surface area contributed by atoms with E-state index in [-0.39, 0.29) is 29.9 Å². The third-order valence-corrected chi connectivity index (χ3v) is 6.98. The van der Waals surface area contributed by atoms with Gasteiger partial charge in [0.1, 0.15) is 5.75 Å². The van der Waals surface area contributed by atoms with Crippen molar-refractivity contribution >= 4 is 34.0 Å². The Morgan fingerprint density at radius 2 is 1.69 bits per heavy atom. The van der Waals surface area contributed by atoms with Crippen LogP contribution in [0.3, 0.4) is 0 Å². The van der Waals surface area contributed by atoms with E-state index in [4.69, 9.17) is 4.74 Å². The number of nitrogens with zero attached hydrogens (tertiary/aromatic N) is 2. The molecule has 9 heteroatoms. The van der Waals surface area contributed by atoms with Crippen molar-refractivity contribution in [1.29, 1.82) is 0 Å². The van der Waals surface area contributed by atoms with Gasteiger partial charge < -0.3 is 20.1 Å². The molecule has 2 N–H and O–H groups in total. The first-order valence-corrected chi connectivity index (χ1v) is 12.7. The van der Waals surface area contributed by atoms with Crippen LogP contribution < -0.4 is 10.1 Å². The molecule has 0 bridgehead atoms. The first kappa shape index (κ1) is 25.7. The van der Waals surface area contributed by atoms with Gasteiger partial charge in [-0.2, -0.15) is 0 Å². The Hall–Kier alpha value is -4.92. The summed E-state index contributed by atoms with van der Waals surface area (Å²) in [5, 5.41) is 25.6. The van der Waals surface area contributed by atoms with Crippen molar-refractivity contribution in [3.8, 4) is 11.5 Å². The number of likely N-dealkylation sites (tertiary alicyclic amines) is 1. The number of amides is 2. The summed E-state index contributed by atoms with van der Waals surface area (Å²) in [4.78, 5) is 37.4. The van der Waals surface area contributed by atoms with Crippen LogP contribution in [0.5, 0.6) is 11.5 Å². The summed E-state index contributed by atoms with van der Waals surface area (Å²) >= 11 is 0. The molecule has 0 spiro atoms. The van der Waals surface area contributed by atoms with Gasteiger partial charge in [0.25, 0.3) is 11.8 Å². The molecule has 1 aliphatic heterocycles. The molecule has 0 saturated carbocycles. The lowest BCUT2D eigenvalue weighted by Crippen LogP contribution is -2.37. The van der Waals surface area contributed by atoms with Gasteiger partial charge in [-0.3, -0.25) is 19.7 Å². The van der Waals surface area contributed by atoms with Gasteiger partial charge in [0.2, 0.25) is 0 Å². The van der Waals surface area contributed by atoms with E-state index in [0.717, 1.165) is 35.2 Å². The standard InChI is InChI=1S/C30H27N3O6/c34-27-13-10-23(18-26(27)33(37)38)30(36)32-16-14-21(15-17-32)20-8-11-24(12-9-20)31-29(35)19-39-28-7-3-5-22-4-1-2-6-25(22)28/h1-13,18,21,34H,14-17,19H2,(H,31,35). The minimum atomic E-state index is -0.706. The number of carbonyl (C=O) groups is 2. The van der Waals surface area contributed by atoms with E-state index in [2.05, 4.69) is 5.32 Å². The molecule has 1 heterocycles. The van der Waals surface area contributed by atoms with Crippen LogP contribution in [0.1, 0.15) is 34.7 Å². The molecule has 39 heavy (non-hydrogen) atoms. The average molecular weight is 526 g/mol. The zero-order chi connectivity index (χ0) is 27.4. The number of carbonyl (C=O) groups excluding carboxylic acids is 2. The van der Waals surface area contributed by atoms with Crippen molar-refractivity contribution in [2.75, 3.05) is 25.0 Å². The van der Waals surface area contributed by atoms with Gasteiger partial charge in [-0.05, 0) is 60.0 Å². The van der Waals surface area contributed by atoms with E-state index < -0.39 is 16.4 Å². The maximum absolute atomic E-state index is 12.9. The maximum Gasteiger partial charge on any atom is 0.311 e. The monoisotopic (exact) mass is 525 g/mol. The van der Waals surface area contributed by atoms with Gasteiger partial charge in [-0.15, -0.1) is 0 Å². The van der Waals surface area contributed by atoms with Crippen LogP contribution in [0.4, 0.5) is 11.4 Å². The number of nitro groups is 1. The molecule has 198 valence electrons. The van der Waals surface area contributed by atoms with Gasteiger partial charge in [0, 0.05) is 35.8 Å². The molecular weight excluding hydrogens is 498 g/mol. The molecular formula is C30H27N3O6. The lowest BCUT2D eigenvalue weighted by Gasteiger charge is -2.32. The van der Waals surface area contributed by atoms with Gasteiger partial charge in [0.15, 0.2) is 12.4 Å². The van der Waals surface area contributed by atoms with Crippen LogP contribution in [0.15, 0.2) is 84.9 Å². The Morgan fingerprint density at radius 1 is 0.974 bits per heavy atom. The molecule has 0 radical (unpaired) electrons. The molecule has 1 fully saturated rings. The van der Waals surface area contributed by atoms with Crippen molar-refractivity contribution in [1.82, 2.24) is 4.90 Å². The molecule has 0 unspecified atom stereocenters. The van der Waals surface area contributed by atoms with E-state index in [1.54, 1.807) is 4.90 Å². The minimum absolute atomic E-state index is 0.105. The number of hydrogen-bond acceptors (Lipinski definition) is 6. The third kappa shape index (κ3) is 5.82. The summed E-state index contributed by atoms with van der Waals surface area (Å²) in [5.74, 6) is -0.0979. The van der Waals surface area contributed by atoms with Crippen LogP contribution in [0.25, 0.3) is 10.8 Å². The fourth-order valence-electron chi connectivity index (χ4n) is 4.90. The number of fused-ring (bicyclic) bond motifs is 1. The van der Waals surface area contributed by atoms with Gasteiger partial charge in [0.05, 0.1) is 4.92 Å². The Kier molecular flexibility index (Phi) is 7.40. The summed E-state index contributed by atoms with van der Waals surface area (Å²) in [6.07, 6.45) is 1.49. The number of ether oxygens (including phenoxy) is 1. The Morgan fingerprint density at radius 3 is 2.44 bits per heavy atom. The lowest BCUT2D eigenvalue weighted by molar-refractivity contribution is -0.385. The number of hydrogen-bond donors (Lipinski definition) is 2. The van der Waals surface area contributed by atoms with Crippen LogP contribution in [-0.4, -0.2) is 46.4 Å². The highest BCUT2D eigenvalue weighted by molar-refractivity contribution is 5.95. The second kappa shape index (κ2) is 11.2. The van der Waals surface area contributed by atoms with Crippen LogP contribution in [-0.2, 0) is 4.79 Å². The topological polar surface area (TPSA) is 122 Å². The second-order valence-electron chi connectivity index (χ2n) is 9.46. The number of benzene rings is 4. The normalized spacial score (nSPS) is 13.7. The van der Waals surface area contributed by atoms with Crippen molar-refractivity contribution in [3.63, 3.8) is 0 Å². The summed E-state index contributed by atoms with van der Waals surface area (Å²) in [6, 6.07) is 24.9. The zero-order valence-electron chi connectivity index (χ0n) is 21.1. The molecule has 1 aliphatic rings. The smallest absolute Gasteiger partial charge is 0.311 e. The quantitative estimate of drug-likeness (QED) is 0.243. The molecule has 1 saturated heterocycles. The van der Waals surface area contributed by atoms with Gasteiger partial charge in [-0.1, -0.05) is 48.5 Å². The van der Waals surface area contributed by atoms with Gasteiger partial charge >= 0.3 is 5.69 Å². The predicted molar refractivity (Wildman–Crippen MR) is 147 cm³/mol. The SMILES string of the molecule is O=C(COc1cccc2ccccc12)Nc1ccc(C2CCN(C(=O)c3ccc(O)c([N+](=O)[O-])c3)CC2)cc1. The van der Waals surface area contributed by atoms with E-state index in [0.29, 0.717) is 24.5 Å². The zero-order valence-corrected chi connectivity index (χ0v) is 21.1. The Labute approximate surface area is 224 Å². The predicted octanol–water partition coefficient (Wildman–Crippen LogP) is 5.49. The minimum Gasteiger partial charge on any atom is -0.502 e. The molecule has 4 aromatic carbocycles. The van der Waals surface area contributed by atoms with E-state index in [1.165, 1.54) is 12.1 Å². The summed E-state index contributed by atoms with van der Waals surface area (Å²) in [5.41, 5.74) is 1.49. The first-order valence-electron chi connectivity index (χ1n) is 12.7. The van der Waals surface area contributed by atoms with Crippen LogP contribution >= 0.6 is 0 Å². The molecule has 2 amide bonds. The van der Waals surface area contributed by atoms with Crippen molar-refractivity contribution in [2.24, 2.45) is 0 Å². The summed E-state index contributed by atoms with van der Waals surface area (Å²) < 4.78 is 5.77. The number of anilines is 1. The molecule has 5 rings (SSSR count). The number of aromatic hydroxyl groups is 1. The van der Waals surface area contributed by atoms with E-state index in [1.807, 2.05) is 66.7 Å². The molecule has 0 aromatic heterocycles. The lowest BCUT2D eigenvalue weighted by atomic mass is 9.89. The third-order valence-electron chi connectivity index (χ3n) is 6.98. The molecule has 4 aromatic rings. The average Bonchev–Trinajstić information content (AvgIpc) is 2.96. The number of phenols is 1. The number of piperidine rings is 1. The van der Waals surface area contributed by atoms with Crippen molar-refractivity contribution in [3.05, 3.63) is 106 Å². The van der Waals surface area contributed by atoms with Gasteiger partial charge in [-0.25, -0.2) is 0 Å². The Bertz CT molecular complexity index is 1520. The highest BCUT2D eigenvalue weighted by Gasteiger charge is 2.26. The fraction of sp³-hybridized carbons (Fsp3) is 0.200. The Balaban J connectivity index is 1.13. The van der Waals surface area contributed by atoms with Crippen LogP contribution in [0, 0.1) is 10.1 Å². The first-order chi connectivity index (χ1) is 18.9. The highest BCUT2D eigenvalue weighted by Crippen LogP contribution is 2.31. The number of phenolic OH excluding ortho intramolecular Hbond substituents is 1. The second-order valence-corrected chi connectivity index (χ2v) is 9.46. The summed E-state index contributed by atoms with van der Waals surface area (Å²) in [7, 11) is 0. The van der Waals surface area contributed by atoms with Crippen molar-refractivity contribution < 1.29 is 24.4 Å². The summed E-state index contributed by atoms with van der Waals surface area (Å²) in [6.45, 7) is 0.927. The largest absolute Gasteiger partial charge is 0.502 e. The molecule has 9 nitrogen and oxygen atoms in total. The van der Waals surface area contributed by atoms with Crippen LogP contribution in [0.2, 0.25) is 0 Å². The molecule has 0 aliphatic carbocycles. The molecule has 0 atom stereocenters.